The highest BCUT2D eigenvalue weighted by Gasteiger charge is 2.16. The van der Waals surface area contributed by atoms with Gasteiger partial charge in [-0.25, -0.2) is 0 Å². The molecule has 0 spiro atoms. The van der Waals surface area contributed by atoms with Crippen molar-refractivity contribution in [2.24, 2.45) is 0 Å². The third-order valence-corrected chi connectivity index (χ3v) is 3.20. The summed E-state index contributed by atoms with van der Waals surface area (Å²) in [5.41, 5.74) is 0.741. The van der Waals surface area contributed by atoms with Gasteiger partial charge in [0.05, 0.1) is 6.61 Å². The summed E-state index contributed by atoms with van der Waals surface area (Å²) in [4.78, 5) is 14.3. The first-order chi connectivity index (χ1) is 9.31. The van der Waals surface area contributed by atoms with Crippen LogP contribution in [0.5, 0.6) is 5.75 Å². The van der Waals surface area contributed by atoms with E-state index in [1.807, 2.05) is 29.2 Å². The van der Waals surface area contributed by atoms with Crippen LogP contribution < -0.4 is 10.1 Å². The SMILES string of the molecule is CCCOc1ccc(C(=O)N2CCCNCC2)cc1. The molecule has 0 aliphatic carbocycles. The summed E-state index contributed by atoms with van der Waals surface area (Å²) in [5.74, 6) is 0.946. The van der Waals surface area contributed by atoms with Crippen LogP contribution in [0.4, 0.5) is 0 Å². The molecule has 1 N–H and O–H groups in total. The Balaban J connectivity index is 1.98. The summed E-state index contributed by atoms with van der Waals surface area (Å²) < 4.78 is 5.52. The summed E-state index contributed by atoms with van der Waals surface area (Å²) in [7, 11) is 0. The first kappa shape index (κ1) is 13.9. The molecule has 4 nitrogen and oxygen atoms in total. The third kappa shape index (κ3) is 3.96. The van der Waals surface area contributed by atoms with Gasteiger partial charge in [0, 0.05) is 25.2 Å². The molecule has 0 saturated carbocycles. The molecule has 0 aromatic heterocycles. The second-order valence-electron chi connectivity index (χ2n) is 4.77. The molecule has 1 aromatic carbocycles. The minimum absolute atomic E-state index is 0.116. The molecule has 1 fully saturated rings. The van der Waals surface area contributed by atoms with Gasteiger partial charge in [-0.2, -0.15) is 0 Å². The van der Waals surface area contributed by atoms with E-state index in [2.05, 4.69) is 12.2 Å². The molecule has 0 radical (unpaired) electrons. The predicted octanol–water partition coefficient (Wildman–Crippen LogP) is 1.91. The topological polar surface area (TPSA) is 41.6 Å². The lowest BCUT2D eigenvalue weighted by Crippen LogP contribution is -2.34. The fourth-order valence-corrected chi connectivity index (χ4v) is 2.15. The van der Waals surface area contributed by atoms with E-state index >= 15 is 0 Å². The van der Waals surface area contributed by atoms with Gasteiger partial charge in [0.15, 0.2) is 0 Å². The summed E-state index contributed by atoms with van der Waals surface area (Å²) in [6.07, 6.45) is 2.00. The van der Waals surface area contributed by atoms with Crippen LogP contribution in [0.3, 0.4) is 0 Å². The van der Waals surface area contributed by atoms with Gasteiger partial charge in [-0.3, -0.25) is 4.79 Å². The van der Waals surface area contributed by atoms with Gasteiger partial charge in [0.2, 0.25) is 0 Å². The molecule has 4 heteroatoms. The van der Waals surface area contributed by atoms with Crippen LogP contribution in [0.25, 0.3) is 0 Å². The van der Waals surface area contributed by atoms with Gasteiger partial charge in [-0.1, -0.05) is 6.92 Å². The Kier molecular flexibility index (Phi) is 5.21. The lowest BCUT2D eigenvalue weighted by atomic mass is 10.2. The summed E-state index contributed by atoms with van der Waals surface area (Å²) in [6, 6.07) is 7.45. The zero-order valence-corrected chi connectivity index (χ0v) is 11.5. The Labute approximate surface area is 114 Å². The molecule has 0 bridgehead atoms. The Morgan fingerprint density at radius 3 is 2.79 bits per heavy atom. The van der Waals surface area contributed by atoms with Crippen LogP contribution in [0.15, 0.2) is 24.3 Å². The minimum Gasteiger partial charge on any atom is -0.494 e. The molecule has 2 rings (SSSR count). The van der Waals surface area contributed by atoms with Crippen LogP contribution in [-0.2, 0) is 0 Å². The van der Waals surface area contributed by atoms with Crippen molar-refractivity contribution >= 4 is 5.91 Å². The summed E-state index contributed by atoms with van der Waals surface area (Å²) in [6.45, 7) is 6.28. The Morgan fingerprint density at radius 1 is 1.26 bits per heavy atom. The number of hydrogen-bond acceptors (Lipinski definition) is 3. The molecule has 19 heavy (non-hydrogen) atoms. The molecule has 1 saturated heterocycles. The van der Waals surface area contributed by atoms with Gasteiger partial charge in [0.1, 0.15) is 5.75 Å². The highest BCUT2D eigenvalue weighted by Crippen LogP contribution is 2.14. The van der Waals surface area contributed by atoms with Gasteiger partial charge in [-0.05, 0) is 43.7 Å². The van der Waals surface area contributed by atoms with E-state index in [0.29, 0.717) is 6.61 Å². The van der Waals surface area contributed by atoms with E-state index in [9.17, 15) is 4.79 Å². The maximum atomic E-state index is 12.3. The van der Waals surface area contributed by atoms with Crippen LogP contribution in [0.1, 0.15) is 30.1 Å². The number of rotatable bonds is 4. The number of hydrogen-bond donors (Lipinski definition) is 1. The lowest BCUT2D eigenvalue weighted by molar-refractivity contribution is 0.0766. The molecular weight excluding hydrogens is 240 g/mol. The number of carbonyl (C=O) groups is 1. The Bertz CT molecular complexity index is 395. The first-order valence-electron chi connectivity index (χ1n) is 7.04. The van der Waals surface area contributed by atoms with Crippen molar-refractivity contribution in [2.75, 3.05) is 32.8 Å². The second-order valence-corrected chi connectivity index (χ2v) is 4.77. The fraction of sp³-hybridized carbons (Fsp3) is 0.533. The zero-order valence-electron chi connectivity index (χ0n) is 11.5. The third-order valence-electron chi connectivity index (χ3n) is 3.20. The van der Waals surface area contributed by atoms with Gasteiger partial charge >= 0.3 is 0 Å². The van der Waals surface area contributed by atoms with Crippen molar-refractivity contribution in [1.82, 2.24) is 10.2 Å². The van der Waals surface area contributed by atoms with Crippen LogP contribution in [0, 0.1) is 0 Å². The molecule has 1 aromatic rings. The molecule has 104 valence electrons. The van der Waals surface area contributed by atoms with Crippen molar-refractivity contribution in [3.05, 3.63) is 29.8 Å². The number of benzene rings is 1. The number of amides is 1. The van der Waals surface area contributed by atoms with E-state index < -0.39 is 0 Å². The second kappa shape index (κ2) is 7.14. The van der Waals surface area contributed by atoms with Crippen LogP contribution in [-0.4, -0.2) is 43.6 Å². The van der Waals surface area contributed by atoms with E-state index in [4.69, 9.17) is 4.74 Å². The Hall–Kier alpha value is -1.55. The van der Waals surface area contributed by atoms with Crippen molar-refractivity contribution in [1.29, 1.82) is 0 Å². The molecule has 1 amide bonds. The molecular formula is C15H22N2O2. The zero-order chi connectivity index (χ0) is 13.5. The van der Waals surface area contributed by atoms with E-state index in [1.54, 1.807) is 0 Å². The van der Waals surface area contributed by atoms with Crippen molar-refractivity contribution in [3.63, 3.8) is 0 Å². The Morgan fingerprint density at radius 2 is 2.05 bits per heavy atom. The van der Waals surface area contributed by atoms with E-state index in [1.165, 1.54) is 0 Å². The van der Waals surface area contributed by atoms with Crippen LogP contribution >= 0.6 is 0 Å². The van der Waals surface area contributed by atoms with Gasteiger partial charge in [-0.15, -0.1) is 0 Å². The predicted molar refractivity (Wildman–Crippen MR) is 75.6 cm³/mol. The fourth-order valence-electron chi connectivity index (χ4n) is 2.15. The quantitative estimate of drug-likeness (QED) is 0.901. The molecule has 1 aliphatic rings. The van der Waals surface area contributed by atoms with Crippen LogP contribution in [0.2, 0.25) is 0 Å². The maximum Gasteiger partial charge on any atom is 0.253 e. The largest absolute Gasteiger partial charge is 0.494 e. The van der Waals surface area contributed by atoms with Crippen molar-refractivity contribution in [2.45, 2.75) is 19.8 Å². The minimum atomic E-state index is 0.116. The normalized spacial score (nSPS) is 15.9. The standard InChI is InChI=1S/C15H22N2O2/c1-2-12-19-14-6-4-13(5-7-14)15(18)17-10-3-8-16-9-11-17/h4-7,16H,2-3,8-12H2,1H3. The monoisotopic (exact) mass is 262 g/mol. The highest BCUT2D eigenvalue weighted by atomic mass is 16.5. The molecule has 0 unspecified atom stereocenters. The van der Waals surface area contributed by atoms with Gasteiger partial charge < -0.3 is 15.0 Å². The van der Waals surface area contributed by atoms with Gasteiger partial charge in [0.25, 0.3) is 5.91 Å². The summed E-state index contributed by atoms with van der Waals surface area (Å²) >= 11 is 0. The highest BCUT2D eigenvalue weighted by molar-refractivity contribution is 5.94. The molecule has 1 aliphatic heterocycles. The number of ether oxygens (including phenoxy) is 1. The van der Waals surface area contributed by atoms with E-state index in [-0.39, 0.29) is 5.91 Å². The maximum absolute atomic E-state index is 12.3. The average Bonchev–Trinajstić information content (AvgIpc) is 2.74. The number of nitrogens with one attached hydrogen (secondary N) is 1. The lowest BCUT2D eigenvalue weighted by Gasteiger charge is -2.20. The molecule has 1 heterocycles. The molecule has 0 atom stereocenters. The van der Waals surface area contributed by atoms with Crippen molar-refractivity contribution < 1.29 is 9.53 Å². The smallest absolute Gasteiger partial charge is 0.253 e. The summed E-state index contributed by atoms with van der Waals surface area (Å²) in [5, 5.41) is 3.30. The first-order valence-corrected chi connectivity index (χ1v) is 7.04. The van der Waals surface area contributed by atoms with E-state index in [0.717, 1.165) is 50.3 Å². The number of nitrogens with zero attached hydrogens (tertiary/aromatic N) is 1. The average molecular weight is 262 g/mol. The number of carbonyl (C=O) groups excluding carboxylic acids is 1. The van der Waals surface area contributed by atoms with Crippen molar-refractivity contribution in [3.8, 4) is 5.75 Å².